The Labute approximate surface area is 172 Å². The van der Waals surface area contributed by atoms with E-state index < -0.39 is 5.97 Å². The van der Waals surface area contributed by atoms with E-state index in [9.17, 15) is 9.59 Å². The highest BCUT2D eigenvalue weighted by Crippen LogP contribution is 2.23. The Morgan fingerprint density at radius 3 is 2.66 bits per heavy atom. The summed E-state index contributed by atoms with van der Waals surface area (Å²) < 4.78 is 12.2. The fourth-order valence-corrected chi connectivity index (χ4v) is 3.33. The third-order valence-corrected chi connectivity index (χ3v) is 4.96. The van der Waals surface area contributed by atoms with Gasteiger partial charge in [-0.2, -0.15) is 5.10 Å². The molecular formula is C20H22N4O4S. The summed E-state index contributed by atoms with van der Waals surface area (Å²) in [6, 6.07) is 7.52. The van der Waals surface area contributed by atoms with Crippen LogP contribution in [0.15, 0.2) is 42.0 Å². The molecule has 29 heavy (non-hydrogen) atoms. The van der Waals surface area contributed by atoms with E-state index in [1.165, 1.54) is 16.2 Å². The molecule has 0 bridgehead atoms. The number of carbonyl (C=O) groups is 2. The number of esters is 1. The van der Waals surface area contributed by atoms with Gasteiger partial charge in [-0.15, -0.1) is 11.3 Å². The van der Waals surface area contributed by atoms with Crippen molar-refractivity contribution in [1.82, 2.24) is 19.7 Å². The van der Waals surface area contributed by atoms with E-state index in [4.69, 9.17) is 9.47 Å². The maximum atomic E-state index is 12.3. The quantitative estimate of drug-likeness (QED) is 0.527. The molecule has 0 atom stereocenters. The summed E-state index contributed by atoms with van der Waals surface area (Å²) in [5.74, 6) is -0.137. The van der Waals surface area contributed by atoms with Gasteiger partial charge in [-0.25, -0.2) is 9.78 Å². The number of likely N-dealkylation sites (N-methyl/N-ethyl adjacent to an activating group) is 1. The summed E-state index contributed by atoms with van der Waals surface area (Å²) in [5.41, 5.74) is 1.95. The Balaban J connectivity index is 1.50. The molecule has 0 fully saturated rings. The number of carbonyl (C=O) groups excluding carboxylic acids is 2. The summed E-state index contributed by atoms with van der Waals surface area (Å²) in [6.45, 7) is 2.59. The van der Waals surface area contributed by atoms with Gasteiger partial charge in [0.25, 0.3) is 5.91 Å². The largest absolute Gasteiger partial charge is 0.494 e. The van der Waals surface area contributed by atoms with Crippen molar-refractivity contribution >= 4 is 23.2 Å². The third kappa shape index (κ3) is 5.41. The Kier molecular flexibility index (Phi) is 6.61. The second-order valence-electron chi connectivity index (χ2n) is 6.34. The third-order valence-electron chi connectivity index (χ3n) is 4.07. The molecule has 0 unspecified atom stereocenters. The van der Waals surface area contributed by atoms with Crippen molar-refractivity contribution in [2.45, 2.75) is 13.5 Å². The van der Waals surface area contributed by atoms with Crippen LogP contribution >= 0.6 is 11.3 Å². The molecule has 0 saturated carbocycles. The fourth-order valence-electron chi connectivity index (χ4n) is 2.56. The second-order valence-corrected chi connectivity index (χ2v) is 7.20. The predicted molar refractivity (Wildman–Crippen MR) is 109 cm³/mol. The van der Waals surface area contributed by atoms with E-state index in [-0.39, 0.29) is 18.2 Å². The molecule has 0 aliphatic rings. The molecule has 1 amide bonds. The molecule has 8 nitrogen and oxygen atoms in total. The van der Waals surface area contributed by atoms with E-state index >= 15 is 0 Å². The lowest BCUT2D eigenvalue weighted by Crippen LogP contribution is -2.30. The van der Waals surface area contributed by atoms with Crippen molar-refractivity contribution in [2.75, 3.05) is 20.3 Å². The molecule has 0 aliphatic heterocycles. The zero-order valence-electron chi connectivity index (χ0n) is 16.5. The van der Waals surface area contributed by atoms with Crippen LogP contribution in [0.1, 0.15) is 23.0 Å². The van der Waals surface area contributed by atoms with Crippen molar-refractivity contribution in [3.05, 3.63) is 53.3 Å². The minimum atomic E-state index is -0.626. The Morgan fingerprint density at radius 2 is 2.00 bits per heavy atom. The van der Waals surface area contributed by atoms with Crippen LogP contribution in [0.3, 0.4) is 0 Å². The van der Waals surface area contributed by atoms with Gasteiger partial charge in [0.05, 0.1) is 12.8 Å². The van der Waals surface area contributed by atoms with Crippen LogP contribution in [0.5, 0.6) is 5.75 Å². The second kappa shape index (κ2) is 9.33. The molecule has 9 heteroatoms. The molecule has 3 rings (SSSR count). The molecule has 152 valence electrons. The number of ether oxygens (including phenoxy) is 2. The van der Waals surface area contributed by atoms with Crippen molar-refractivity contribution in [1.29, 1.82) is 0 Å². The van der Waals surface area contributed by atoms with Crippen LogP contribution in [-0.2, 0) is 23.1 Å². The Morgan fingerprint density at radius 1 is 1.24 bits per heavy atom. The molecule has 0 saturated heterocycles. The minimum Gasteiger partial charge on any atom is -0.494 e. The van der Waals surface area contributed by atoms with Gasteiger partial charge in [-0.3, -0.25) is 9.48 Å². The first-order chi connectivity index (χ1) is 14.0. The topological polar surface area (TPSA) is 86.5 Å². The van der Waals surface area contributed by atoms with Gasteiger partial charge < -0.3 is 14.4 Å². The zero-order chi connectivity index (χ0) is 20.8. The number of aryl methyl sites for hydroxylation is 1. The lowest BCUT2D eigenvalue weighted by Gasteiger charge is -2.17. The van der Waals surface area contributed by atoms with Gasteiger partial charge in [-0.05, 0) is 24.6 Å². The van der Waals surface area contributed by atoms with Crippen LogP contribution in [0.2, 0.25) is 0 Å². The van der Waals surface area contributed by atoms with E-state index in [0.717, 1.165) is 16.9 Å². The molecule has 0 spiro atoms. The van der Waals surface area contributed by atoms with Gasteiger partial charge in [0.15, 0.2) is 12.3 Å². The number of benzene rings is 1. The maximum Gasteiger partial charge on any atom is 0.358 e. The molecule has 2 heterocycles. The zero-order valence-corrected chi connectivity index (χ0v) is 17.3. The molecule has 1 aromatic carbocycles. The van der Waals surface area contributed by atoms with Crippen molar-refractivity contribution in [2.24, 2.45) is 7.05 Å². The monoisotopic (exact) mass is 414 g/mol. The summed E-state index contributed by atoms with van der Waals surface area (Å²) in [4.78, 5) is 30.2. The SMILES string of the molecule is CCOc1ccc(CN(C)C(=O)COC(=O)c2csc(-c3cnn(C)c3)n2)cc1. The number of aromatic nitrogens is 3. The number of nitrogens with zero attached hydrogens (tertiary/aromatic N) is 4. The number of thiazole rings is 1. The maximum absolute atomic E-state index is 12.3. The number of rotatable bonds is 8. The van der Waals surface area contributed by atoms with Crippen molar-refractivity contribution in [3.63, 3.8) is 0 Å². The molecule has 0 radical (unpaired) electrons. The first-order valence-electron chi connectivity index (χ1n) is 9.03. The van der Waals surface area contributed by atoms with Crippen LogP contribution in [0.25, 0.3) is 10.6 Å². The van der Waals surface area contributed by atoms with E-state index in [1.807, 2.05) is 44.4 Å². The Hall–Kier alpha value is -3.20. The molecule has 0 N–H and O–H groups in total. The Bertz CT molecular complexity index is 981. The normalized spacial score (nSPS) is 10.6. The van der Waals surface area contributed by atoms with Crippen LogP contribution < -0.4 is 4.74 Å². The predicted octanol–water partition coefficient (Wildman–Crippen LogP) is 2.76. The van der Waals surface area contributed by atoms with E-state index in [0.29, 0.717) is 18.2 Å². The first-order valence-corrected chi connectivity index (χ1v) is 9.91. The highest BCUT2D eigenvalue weighted by molar-refractivity contribution is 7.13. The van der Waals surface area contributed by atoms with Gasteiger partial charge in [-0.1, -0.05) is 12.1 Å². The summed E-state index contributed by atoms with van der Waals surface area (Å²) in [6.07, 6.45) is 3.49. The average Bonchev–Trinajstić information content (AvgIpc) is 3.36. The van der Waals surface area contributed by atoms with Crippen LogP contribution in [-0.4, -0.2) is 51.8 Å². The van der Waals surface area contributed by atoms with Gasteiger partial charge in [0.1, 0.15) is 10.8 Å². The number of amides is 1. The summed E-state index contributed by atoms with van der Waals surface area (Å²) in [7, 11) is 3.47. The summed E-state index contributed by atoms with van der Waals surface area (Å²) in [5, 5.41) is 6.36. The van der Waals surface area contributed by atoms with Crippen molar-refractivity contribution < 1.29 is 19.1 Å². The lowest BCUT2D eigenvalue weighted by atomic mass is 10.2. The van der Waals surface area contributed by atoms with Crippen LogP contribution in [0.4, 0.5) is 0 Å². The highest BCUT2D eigenvalue weighted by Gasteiger charge is 2.17. The first kappa shape index (κ1) is 20.5. The number of hydrogen-bond donors (Lipinski definition) is 0. The van der Waals surface area contributed by atoms with Gasteiger partial charge >= 0.3 is 5.97 Å². The van der Waals surface area contributed by atoms with Crippen molar-refractivity contribution in [3.8, 4) is 16.3 Å². The van der Waals surface area contributed by atoms with Gasteiger partial charge in [0.2, 0.25) is 0 Å². The highest BCUT2D eigenvalue weighted by atomic mass is 32.1. The molecule has 0 aliphatic carbocycles. The standard InChI is InChI=1S/C20H22N4O4S/c1-4-27-16-7-5-14(6-8-16)10-23(2)18(25)12-28-20(26)17-13-29-19(22-17)15-9-21-24(3)11-15/h5-9,11,13H,4,10,12H2,1-3H3. The minimum absolute atomic E-state index is 0.177. The summed E-state index contributed by atoms with van der Waals surface area (Å²) >= 11 is 1.32. The smallest absolute Gasteiger partial charge is 0.358 e. The fraction of sp³-hybridized carbons (Fsp3) is 0.300. The van der Waals surface area contributed by atoms with E-state index in [1.54, 1.807) is 23.3 Å². The van der Waals surface area contributed by atoms with Gasteiger partial charge in [0, 0.05) is 37.8 Å². The molecule has 2 aromatic heterocycles. The lowest BCUT2D eigenvalue weighted by molar-refractivity contribution is -0.133. The molecule has 3 aromatic rings. The van der Waals surface area contributed by atoms with Crippen LogP contribution in [0, 0.1) is 0 Å². The average molecular weight is 414 g/mol. The van der Waals surface area contributed by atoms with E-state index in [2.05, 4.69) is 10.1 Å². The number of hydrogen-bond acceptors (Lipinski definition) is 7. The molecular weight excluding hydrogens is 392 g/mol.